The summed E-state index contributed by atoms with van der Waals surface area (Å²) in [6, 6.07) is 3.42. The third-order valence-electron chi connectivity index (χ3n) is 2.64. The van der Waals surface area contributed by atoms with Gasteiger partial charge in [-0.15, -0.1) is 0 Å². The van der Waals surface area contributed by atoms with Crippen LogP contribution in [0.4, 0.5) is 0 Å². The minimum Gasteiger partial charge on any atom is -0.384 e. The summed E-state index contributed by atoms with van der Waals surface area (Å²) in [6.07, 6.45) is 1.55. The SMILES string of the molecule is CCN(C)CCNC(=O)c1ncccc1C#CCO. The van der Waals surface area contributed by atoms with E-state index in [4.69, 9.17) is 5.11 Å². The molecule has 0 saturated carbocycles. The van der Waals surface area contributed by atoms with Gasteiger partial charge >= 0.3 is 0 Å². The van der Waals surface area contributed by atoms with Gasteiger partial charge in [-0.25, -0.2) is 4.98 Å². The molecule has 0 bridgehead atoms. The lowest BCUT2D eigenvalue weighted by Crippen LogP contribution is -2.33. The molecule has 2 N–H and O–H groups in total. The number of likely N-dealkylation sites (N-methyl/N-ethyl adjacent to an activating group) is 1. The highest BCUT2D eigenvalue weighted by molar-refractivity contribution is 5.94. The van der Waals surface area contributed by atoms with Crippen LogP contribution in [0.1, 0.15) is 23.0 Å². The van der Waals surface area contributed by atoms with Crippen molar-refractivity contribution < 1.29 is 9.90 Å². The highest BCUT2D eigenvalue weighted by Gasteiger charge is 2.10. The molecule has 1 rings (SSSR count). The van der Waals surface area contributed by atoms with Crippen molar-refractivity contribution in [2.45, 2.75) is 6.92 Å². The molecular formula is C14H19N3O2. The normalized spacial score (nSPS) is 9.89. The van der Waals surface area contributed by atoms with E-state index in [1.807, 2.05) is 7.05 Å². The van der Waals surface area contributed by atoms with Gasteiger partial charge in [0, 0.05) is 19.3 Å². The van der Waals surface area contributed by atoms with Gasteiger partial charge in [0.2, 0.25) is 0 Å². The fourth-order valence-electron chi connectivity index (χ4n) is 1.42. The number of aliphatic hydroxyl groups is 1. The molecule has 0 unspecified atom stereocenters. The van der Waals surface area contributed by atoms with Crippen molar-refractivity contribution in [3.8, 4) is 11.8 Å². The lowest BCUT2D eigenvalue weighted by Gasteiger charge is -2.14. The zero-order chi connectivity index (χ0) is 14.1. The minimum absolute atomic E-state index is 0.239. The largest absolute Gasteiger partial charge is 0.384 e. The van der Waals surface area contributed by atoms with Crippen LogP contribution in [0.25, 0.3) is 0 Å². The maximum absolute atomic E-state index is 12.0. The maximum Gasteiger partial charge on any atom is 0.271 e. The molecule has 0 saturated heterocycles. The Morgan fingerprint density at radius 1 is 1.58 bits per heavy atom. The third kappa shape index (κ3) is 5.08. The van der Waals surface area contributed by atoms with Crippen molar-refractivity contribution in [1.82, 2.24) is 15.2 Å². The summed E-state index contributed by atoms with van der Waals surface area (Å²) in [5.41, 5.74) is 0.820. The molecule has 1 heterocycles. The first-order valence-electron chi connectivity index (χ1n) is 6.20. The van der Waals surface area contributed by atoms with E-state index < -0.39 is 0 Å². The van der Waals surface area contributed by atoms with Gasteiger partial charge in [0.15, 0.2) is 0 Å². The summed E-state index contributed by atoms with van der Waals surface area (Å²) in [6.45, 7) is 4.10. The Labute approximate surface area is 113 Å². The Balaban J connectivity index is 2.66. The maximum atomic E-state index is 12.0. The monoisotopic (exact) mass is 261 g/mol. The molecule has 0 fully saturated rings. The summed E-state index contributed by atoms with van der Waals surface area (Å²) >= 11 is 0. The van der Waals surface area contributed by atoms with E-state index in [0.717, 1.165) is 13.1 Å². The van der Waals surface area contributed by atoms with E-state index in [2.05, 4.69) is 34.0 Å². The fraction of sp³-hybridized carbons (Fsp3) is 0.429. The predicted octanol–water partition coefficient (Wildman–Crippen LogP) is 0.107. The Bertz CT molecular complexity index is 477. The molecule has 0 radical (unpaired) electrons. The second-order valence-electron chi connectivity index (χ2n) is 4.01. The number of hydrogen-bond donors (Lipinski definition) is 2. The molecule has 5 nitrogen and oxygen atoms in total. The van der Waals surface area contributed by atoms with Crippen LogP contribution in [-0.4, -0.2) is 54.2 Å². The number of amides is 1. The van der Waals surface area contributed by atoms with Gasteiger partial charge in [-0.2, -0.15) is 0 Å². The Morgan fingerprint density at radius 3 is 3.05 bits per heavy atom. The highest BCUT2D eigenvalue weighted by Crippen LogP contribution is 2.03. The average Bonchev–Trinajstić information content (AvgIpc) is 2.45. The first kappa shape index (κ1) is 15.2. The average molecular weight is 261 g/mol. The van der Waals surface area contributed by atoms with Gasteiger partial charge in [-0.1, -0.05) is 18.8 Å². The summed E-state index contributed by atoms with van der Waals surface area (Å²) < 4.78 is 0. The number of carbonyl (C=O) groups is 1. The van der Waals surface area contributed by atoms with Crippen molar-refractivity contribution in [2.24, 2.45) is 0 Å². The number of aliphatic hydroxyl groups excluding tert-OH is 1. The first-order chi connectivity index (χ1) is 9.19. The zero-order valence-electron chi connectivity index (χ0n) is 11.3. The molecular weight excluding hydrogens is 242 g/mol. The van der Waals surface area contributed by atoms with Crippen molar-refractivity contribution in [3.63, 3.8) is 0 Å². The molecule has 5 heteroatoms. The molecule has 0 aliphatic carbocycles. The van der Waals surface area contributed by atoms with E-state index in [-0.39, 0.29) is 12.5 Å². The second kappa shape index (κ2) is 8.25. The molecule has 1 amide bonds. The van der Waals surface area contributed by atoms with Crippen LogP contribution in [-0.2, 0) is 0 Å². The smallest absolute Gasteiger partial charge is 0.271 e. The molecule has 0 spiro atoms. The van der Waals surface area contributed by atoms with Gasteiger partial charge in [-0.05, 0) is 25.7 Å². The van der Waals surface area contributed by atoms with Gasteiger partial charge in [0.25, 0.3) is 5.91 Å². The van der Waals surface area contributed by atoms with Gasteiger partial charge < -0.3 is 15.3 Å². The molecule has 19 heavy (non-hydrogen) atoms. The quantitative estimate of drug-likeness (QED) is 0.738. The number of pyridine rings is 1. The minimum atomic E-state index is -0.243. The second-order valence-corrected chi connectivity index (χ2v) is 4.01. The van der Waals surface area contributed by atoms with E-state index in [9.17, 15) is 4.79 Å². The highest BCUT2D eigenvalue weighted by atomic mass is 16.2. The molecule has 102 valence electrons. The van der Waals surface area contributed by atoms with Gasteiger partial charge in [-0.3, -0.25) is 4.79 Å². The van der Waals surface area contributed by atoms with E-state index in [1.165, 1.54) is 0 Å². The van der Waals surface area contributed by atoms with Crippen LogP contribution < -0.4 is 5.32 Å². The Kier molecular flexibility index (Phi) is 6.58. The fourth-order valence-corrected chi connectivity index (χ4v) is 1.42. The lowest BCUT2D eigenvalue weighted by atomic mass is 10.2. The first-order valence-corrected chi connectivity index (χ1v) is 6.20. The summed E-state index contributed by atoms with van der Waals surface area (Å²) in [5.74, 6) is 5.00. The summed E-state index contributed by atoms with van der Waals surface area (Å²) in [5, 5.41) is 11.5. The number of hydrogen-bond acceptors (Lipinski definition) is 4. The summed E-state index contributed by atoms with van der Waals surface area (Å²) in [7, 11) is 1.99. The molecule has 1 aromatic rings. The van der Waals surface area contributed by atoms with E-state index in [0.29, 0.717) is 17.8 Å². The van der Waals surface area contributed by atoms with E-state index in [1.54, 1.807) is 18.3 Å². The van der Waals surface area contributed by atoms with Crippen LogP contribution in [0.3, 0.4) is 0 Å². The van der Waals surface area contributed by atoms with Crippen molar-refractivity contribution in [1.29, 1.82) is 0 Å². The van der Waals surface area contributed by atoms with Crippen molar-refractivity contribution in [2.75, 3.05) is 33.3 Å². The number of nitrogens with one attached hydrogen (secondary N) is 1. The van der Waals surface area contributed by atoms with E-state index >= 15 is 0 Å². The number of carbonyl (C=O) groups excluding carboxylic acids is 1. The standard InChI is InChI=1S/C14H19N3O2/c1-3-17(2)10-9-16-14(19)13-12(7-5-11-18)6-4-8-15-13/h4,6,8,18H,3,9-11H2,1-2H3,(H,16,19). The van der Waals surface area contributed by atoms with Crippen LogP contribution >= 0.6 is 0 Å². The molecule has 1 aromatic heterocycles. The number of aromatic nitrogens is 1. The van der Waals surface area contributed by atoms with Crippen LogP contribution in [0.15, 0.2) is 18.3 Å². The van der Waals surface area contributed by atoms with Crippen LogP contribution in [0.2, 0.25) is 0 Å². The Morgan fingerprint density at radius 2 is 2.37 bits per heavy atom. The molecule has 0 aliphatic heterocycles. The summed E-state index contributed by atoms with van der Waals surface area (Å²) in [4.78, 5) is 18.1. The molecule has 0 aromatic carbocycles. The van der Waals surface area contributed by atoms with Crippen LogP contribution in [0.5, 0.6) is 0 Å². The van der Waals surface area contributed by atoms with Crippen LogP contribution in [0, 0.1) is 11.8 Å². The van der Waals surface area contributed by atoms with Gasteiger partial charge in [0.05, 0.1) is 5.56 Å². The number of nitrogens with zero attached hydrogens (tertiary/aromatic N) is 2. The topological polar surface area (TPSA) is 65.5 Å². The Hall–Kier alpha value is -1.90. The number of rotatable bonds is 5. The lowest BCUT2D eigenvalue weighted by molar-refractivity contribution is 0.0945. The molecule has 0 aliphatic rings. The van der Waals surface area contributed by atoms with Crippen molar-refractivity contribution >= 4 is 5.91 Å². The molecule has 0 atom stereocenters. The van der Waals surface area contributed by atoms with Gasteiger partial charge in [0.1, 0.15) is 12.3 Å². The van der Waals surface area contributed by atoms with Crippen molar-refractivity contribution in [3.05, 3.63) is 29.6 Å². The third-order valence-corrected chi connectivity index (χ3v) is 2.64. The zero-order valence-corrected chi connectivity index (χ0v) is 11.3. The predicted molar refractivity (Wildman–Crippen MR) is 73.7 cm³/mol.